The molecule has 0 bridgehead atoms. The number of nitrogens with zero attached hydrogens (tertiary/aromatic N) is 2. The van der Waals surface area contributed by atoms with E-state index in [0.717, 1.165) is 31.3 Å². The van der Waals surface area contributed by atoms with Crippen molar-refractivity contribution in [1.82, 2.24) is 10.2 Å². The molecule has 1 heterocycles. The van der Waals surface area contributed by atoms with Crippen LogP contribution >= 0.6 is 0 Å². The van der Waals surface area contributed by atoms with Crippen LogP contribution in [0.5, 0.6) is 5.75 Å². The lowest BCUT2D eigenvalue weighted by Gasteiger charge is -2.28. The Bertz CT molecular complexity index is 726. The molecule has 1 aromatic heterocycles. The van der Waals surface area contributed by atoms with Gasteiger partial charge in [-0.3, -0.25) is 19.8 Å². The van der Waals surface area contributed by atoms with Crippen molar-refractivity contribution in [2.24, 2.45) is 0 Å². The van der Waals surface area contributed by atoms with Crippen molar-refractivity contribution in [3.63, 3.8) is 0 Å². The number of phenols is 1. The SMILES string of the molecule is CCN(CC)[C@@H](CNC(=O)c1cc([N+](=O)[O-])ccc1O)c1ccco1. The van der Waals surface area contributed by atoms with Crippen LogP contribution < -0.4 is 5.32 Å². The molecule has 2 rings (SSSR count). The Morgan fingerprint density at radius 1 is 1.36 bits per heavy atom. The predicted octanol–water partition coefficient (Wildman–Crippen LogP) is 2.71. The maximum absolute atomic E-state index is 12.4. The Balaban J connectivity index is 2.16. The summed E-state index contributed by atoms with van der Waals surface area (Å²) < 4.78 is 5.46. The van der Waals surface area contributed by atoms with Crippen LogP contribution in [0.4, 0.5) is 5.69 Å². The summed E-state index contributed by atoms with van der Waals surface area (Å²) in [6, 6.07) is 6.79. The number of likely N-dealkylation sites (N-methyl/N-ethyl adjacent to an activating group) is 1. The minimum Gasteiger partial charge on any atom is -0.507 e. The second kappa shape index (κ2) is 8.29. The van der Waals surface area contributed by atoms with E-state index in [1.165, 1.54) is 0 Å². The van der Waals surface area contributed by atoms with Gasteiger partial charge in [-0.15, -0.1) is 0 Å². The number of furan rings is 1. The number of nitro groups is 1. The van der Waals surface area contributed by atoms with Crippen LogP contribution in [0, 0.1) is 10.1 Å². The molecule has 8 nitrogen and oxygen atoms in total. The van der Waals surface area contributed by atoms with Crippen LogP contribution in [0.3, 0.4) is 0 Å². The molecule has 2 aromatic rings. The van der Waals surface area contributed by atoms with Crippen LogP contribution in [-0.2, 0) is 0 Å². The topological polar surface area (TPSA) is 109 Å². The van der Waals surface area contributed by atoms with Crippen LogP contribution in [-0.4, -0.2) is 40.5 Å². The van der Waals surface area contributed by atoms with Crippen molar-refractivity contribution in [3.8, 4) is 5.75 Å². The lowest BCUT2D eigenvalue weighted by atomic mass is 10.1. The monoisotopic (exact) mass is 347 g/mol. The number of hydrogen-bond acceptors (Lipinski definition) is 6. The number of carbonyl (C=O) groups is 1. The third-order valence-corrected chi connectivity index (χ3v) is 4.02. The smallest absolute Gasteiger partial charge is 0.270 e. The number of nitrogens with one attached hydrogen (secondary N) is 1. The fourth-order valence-corrected chi connectivity index (χ4v) is 2.66. The summed E-state index contributed by atoms with van der Waals surface area (Å²) in [5.41, 5.74) is -0.388. The van der Waals surface area contributed by atoms with E-state index >= 15 is 0 Å². The first-order valence-electron chi connectivity index (χ1n) is 8.01. The Morgan fingerprint density at radius 2 is 2.08 bits per heavy atom. The van der Waals surface area contributed by atoms with Crippen LogP contribution in [0.2, 0.25) is 0 Å². The minimum atomic E-state index is -0.613. The highest BCUT2D eigenvalue weighted by atomic mass is 16.6. The quantitative estimate of drug-likeness (QED) is 0.561. The van der Waals surface area contributed by atoms with E-state index < -0.39 is 10.8 Å². The number of benzene rings is 1. The maximum atomic E-state index is 12.4. The average Bonchev–Trinajstić information content (AvgIpc) is 3.12. The highest BCUT2D eigenvalue weighted by molar-refractivity contribution is 5.97. The van der Waals surface area contributed by atoms with Gasteiger partial charge < -0.3 is 14.8 Å². The maximum Gasteiger partial charge on any atom is 0.270 e. The molecule has 134 valence electrons. The van der Waals surface area contributed by atoms with E-state index in [0.29, 0.717) is 5.76 Å². The number of rotatable bonds is 8. The van der Waals surface area contributed by atoms with Gasteiger partial charge in [0.25, 0.3) is 11.6 Å². The van der Waals surface area contributed by atoms with Crippen LogP contribution in [0.25, 0.3) is 0 Å². The van der Waals surface area contributed by atoms with Crippen molar-refractivity contribution >= 4 is 11.6 Å². The third-order valence-electron chi connectivity index (χ3n) is 4.02. The number of nitro benzene ring substituents is 1. The van der Waals surface area contributed by atoms with E-state index in [1.54, 1.807) is 12.3 Å². The van der Waals surface area contributed by atoms with Gasteiger partial charge in [0, 0.05) is 18.7 Å². The van der Waals surface area contributed by atoms with Crippen molar-refractivity contribution in [3.05, 3.63) is 58.0 Å². The summed E-state index contributed by atoms with van der Waals surface area (Å²) in [7, 11) is 0. The summed E-state index contributed by atoms with van der Waals surface area (Å²) in [5.74, 6) is -0.169. The molecule has 0 aliphatic heterocycles. The molecule has 0 unspecified atom stereocenters. The highest BCUT2D eigenvalue weighted by Crippen LogP contribution is 2.24. The fraction of sp³-hybridized carbons (Fsp3) is 0.353. The summed E-state index contributed by atoms with van der Waals surface area (Å²) in [4.78, 5) is 24.7. The van der Waals surface area contributed by atoms with Gasteiger partial charge in [-0.25, -0.2) is 0 Å². The first-order chi connectivity index (χ1) is 12.0. The number of non-ortho nitro benzene ring substituents is 1. The van der Waals surface area contributed by atoms with Gasteiger partial charge in [0.05, 0.1) is 22.8 Å². The molecular formula is C17H21N3O5. The normalized spacial score (nSPS) is 12.1. The van der Waals surface area contributed by atoms with E-state index in [-0.39, 0.29) is 29.6 Å². The molecule has 0 aliphatic rings. The fourth-order valence-electron chi connectivity index (χ4n) is 2.66. The molecule has 0 fully saturated rings. The summed E-state index contributed by atoms with van der Waals surface area (Å²) in [6.07, 6.45) is 1.57. The molecule has 1 amide bonds. The van der Waals surface area contributed by atoms with E-state index in [9.17, 15) is 20.0 Å². The standard InChI is InChI=1S/C17H21N3O5/c1-3-19(4-2)14(16-6-5-9-25-16)11-18-17(22)13-10-12(20(23)24)7-8-15(13)21/h5-10,14,21H,3-4,11H2,1-2H3,(H,18,22)/t14-/m0/s1. The largest absolute Gasteiger partial charge is 0.507 e. The van der Waals surface area contributed by atoms with Gasteiger partial charge >= 0.3 is 0 Å². The Hall–Kier alpha value is -2.87. The van der Waals surface area contributed by atoms with Crippen molar-refractivity contribution < 1.29 is 19.2 Å². The van der Waals surface area contributed by atoms with Gasteiger partial charge in [-0.1, -0.05) is 13.8 Å². The molecule has 1 aromatic carbocycles. The van der Waals surface area contributed by atoms with E-state index in [4.69, 9.17) is 4.42 Å². The number of hydrogen-bond donors (Lipinski definition) is 2. The van der Waals surface area contributed by atoms with E-state index in [2.05, 4.69) is 10.2 Å². The number of amides is 1. The van der Waals surface area contributed by atoms with Gasteiger partial charge in [0.15, 0.2) is 0 Å². The molecule has 8 heteroatoms. The minimum absolute atomic E-state index is 0.132. The molecule has 0 aliphatic carbocycles. The second-order valence-electron chi connectivity index (χ2n) is 5.42. The molecule has 0 saturated carbocycles. The van der Waals surface area contributed by atoms with E-state index in [1.807, 2.05) is 19.9 Å². The van der Waals surface area contributed by atoms with Crippen LogP contribution in [0.1, 0.15) is 36.0 Å². The lowest BCUT2D eigenvalue weighted by Crippen LogP contribution is -2.38. The van der Waals surface area contributed by atoms with Gasteiger partial charge in [-0.05, 0) is 31.3 Å². The van der Waals surface area contributed by atoms with Crippen molar-refractivity contribution in [1.29, 1.82) is 0 Å². The zero-order chi connectivity index (χ0) is 18.4. The van der Waals surface area contributed by atoms with Gasteiger partial charge in [0.1, 0.15) is 11.5 Å². The zero-order valence-electron chi connectivity index (χ0n) is 14.1. The molecule has 0 spiro atoms. The van der Waals surface area contributed by atoms with Crippen molar-refractivity contribution in [2.75, 3.05) is 19.6 Å². The third kappa shape index (κ3) is 4.36. The molecule has 2 N–H and O–H groups in total. The lowest BCUT2D eigenvalue weighted by molar-refractivity contribution is -0.384. The molecule has 0 saturated heterocycles. The summed E-state index contributed by atoms with van der Waals surface area (Å²) in [5, 5.41) is 23.4. The second-order valence-corrected chi connectivity index (χ2v) is 5.42. The average molecular weight is 347 g/mol. The number of aromatic hydroxyl groups is 1. The Kier molecular flexibility index (Phi) is 6.13. The van der Waals surface area contributed by atoms with Crippen molar-refractivity contribution in [2.45, 2.75) is 19.9 Å². The first kappa shape index (κ1) is 18.5. The summed E-state index contributed by atoms with van der Waals surface area (Å²) >= 11 is 0. The number of phenolic OH excluding ortho intramolecular Hbond substituents is 1. The predicted molar refractivity (Wildman–Crippen MR) is 91.5 cm³/mol. The summed E-state index contributed by atoms with van der Waals surface area (Å²) in [6.45, 7) is 5.79. The molecular weight excluding hydrogens is 326 g/mol. The van der Waals surface area contributed by atoms with Gasteiger partial charge in [0.2, 0.25) is 0 Å². The zero-order valence-corrected chi connectivity index (χ0v) is 14.1. The molecule has 0 radical (unpaired) electrons. The molecule has 1 atom stereocenters. The van der Waals surface area contributed by atoms with Gasteiger partial charge in [-0.2, -0.15) is 0 Å². The molecule has 25 heavy (non-hydrogen) atoms. The first-order valence-corrected chi connectivity index (χ1v) is 8.01. The van der Waals surface area contributed by atoms with Crippen LogP contribution in [0.15, 0.2) is 41.0 Å². The Morgan fingerprint density at radius 3 is 2.64 bits per heavy atom. The highest BCUT2D eigenvalue weighted by Gasteiger charge is 2.23. The number of carbonyl (C=O) groups excluding carboxylic acids is 1. The Labute approximate surface area is 145 Å².